The van der Waals surface area contributed by atoms with E-state index < -0.39 is 0 Å². The van der Waals surface area contributed by atoms with E-state index in [9.17, 15) is 4.79 Å². The van der Waals surface area contributed by atoms with Crippen molar-refractivity contribution < 1.29 is 9.53 Å². The van der Waals surface area contributed by atoms with Crippen molar-refractivity contribution in [2.24, 2.45) is 0 Å². The number of rotatable bonds is 6. The van der Waals surface area contributed by atoms with Crippen LogP contribution in [0.1, 0.15) is 25.7 Å². The van der Waals surface area contributed by atoms with Crippen molar-refractivity contribution in [3.05, 3.63) is 54.6 Å². The molecule has 0 unspecified atom stereocenters. The minimum atomic E-state index is -0.0671. The van der Waals surface area contributed by atoms with Gasteiger partial charge in [0.1, 0.15) is 5.75 Å². The zero-order valence-corrected chi connectivity index (χ0v) is 13.1. The van der Waals surface area contributed by atoms with Crippen LogP contribution in [0.15, 0.2) is 54.6 Å². The Kier molecular flexibility index (Phi) is 5.14. The van der Waals surface area contributed by atoms with Gasteiger partial charge in [0.15, 0.2) is 0 Å². The van der Waals surface area contributed by atoms with Crippen LogP contribution in [0, 0.1) is 0 Å². The molecule has 4 heteroatoms. The van der Waals surface area contributed by atoms with Gasteiger partial charge >= 0.3 is 0 Å². The molecule has 120 valence electrons. The highest BCUT2D eigenvalue weighted by Gasteiger charge is 2.16. The van der Waals surface area contributed by atoms with Crippen LogP contribution in [0.2, 0.25) is 0 Å². The van der Waals surface area contributed by atoms with Crippen molar-refractivity contribution in [1.82, 2.24) is 0 Å². The van der Waals surface area contributed by atoms with Crippen LogP contribution < -0.4 is 15.4 Å². The number of ether oxygens (including phenoxy) is 1. The molecule has 1 aliphatic carbocycles. The fourth-order valence-corrected chi connectivity index (χ4v) is 2.76. The average molecular weight is 310 g/mol. The molecule has 0 spiro atoms. The van der Waals surface area contributed by atoms with E-state index in [1.165, 1.54) is 12.8 Å². The number of benzene rings is 2. The third-order valence-corrected chi connectivity index (χ3v) is 3.97. The fraction of sp³-hybridized carbons (Fsp3) is 0.316. The summed E-state index contributed by atoms with van der Waals surface area (Å²) in [6.45, 7) is 0.234. The third kappa shape index (κ3) is 4.74. The molecular weight excluding hydrogens is 288 g/mol. The van der Waals surface area contributed by atoms with Crippen LogP contribution in [-0.4, -0.2) is 18.6 Å². The number of hydrogen-bond donors (Lipinski definition) is 2. The molecule has 0 aliphatic heterocycles. The zero-order valence-electron chi connectivity index (χ0n) is 13.1. The summed E-state index contributed by atoms with van der Waals surface area (Å²) >= 11 is 0. The van der Waals surface area contributed by atoms with E-state index >= 15 is 0 Å². The SMILES string of the molecule is O=C(CNc1ccc(OC2CCCC2)cc1)Nc1ccccc1. The van der Waals surface area contributed by atoms with Crippen LogP contribution in [0.4, 0.5) is 11.4 Å². The molecule has 4 nitrogen and oxygen atoms in total. The van der Waals surface area contributed by atoms with Crippen molar-refractivity contribution in [3.63, 3.8) is 0 Å². The van der Waals surface area contributed by atoms with E-state index in [2.05, 4.69) is 10.6 Å². The first-order chi connectivity index (χ1) is 11.3. The largest absolute Gasteiger partial charge is 0.490 e. The van der Waals surface area contributed by atoms with Gasteiger partial charge in [-0.1, -0.05) is 18.2 Å². The molecule has 0 aromatic heterocycles. The van der Waals surface area contributed by atoms with E-state index in [4.69, 9.17) is 4.74 Å². The van der Waals surface area contributed by atoms with Crippen molar-refractivity contribution in [3.8, 4) is 5.75 Å². The van der Waals surface area contributed by atoms with E-state index in [0.717, 1.165) is 30.0 Å². The van der Waals surface area contributed by atoms with Gasteiger partial charge < -0.3 is 15.4 Å². The summed E-state index contributed by atoms with van der Waals surface area (Å²) in [5.74, 6) is 0.832. The number of hydrogen-bond acceptors (Lipinski definition) is 3. The third-order valence-electron chi connectivity index (χ3n) is 3.97. The van der Waals surface area contributed by atoms with Gasteiger partial charge in [-0.2, -0.15) is 0 Å². The standard InChI is InChI=1S/C19H22N2O2/c22-19(21-16-6-2-1-3-7-16)14-20-15-10-12-18(13-11-15)23-17-8-4-5-9-17/h1-3,6-7,10-13,17,20H,4-5,8-9,14H2,(H,21,22). The van der Waals surface area contributed by atoms with E-state index in [1.807, 2.05) is 54.6 Å². The number of carbonyl (C=O) groups excluding carboxylic acids is 1. The fourth-order valence-electron chi connectivity index (χ4n) is 2.76. The summed E-state index contributed by atoms with van der Waals surface area (Å²) in [5.41, 5.74) is 1.71. The number of carbonyl (C=O) groups is 1. The second-order valence-corrected chi connectivity index (χ2v) is 5.82. The Balaban J connectivity index is 1.45. The molecule has 2 aromatic rings. The number of anilines is 2. The van der Waals surface area contributed by atoms with Gasteiger partial charge in [-0.05, 0) is 62.1 Å². The maximum absolute atomic E-state index is 11.9. The summed E-state index contributed by atoms with van der Waals surface area (Å²) in [5, 5.41) is 5.96. The summed E-state index contributed by atoms with van der Waals surface area (Å²) in [7, 11) is 0. The summed E-state index contributed by atoms with van der Waals surface area (Å²) in [4.78, 5) is 11.9. The molecule has 0 heterocycles. The number of nitrogens with one attached hydrogen (secondary N) is 2. The molecule has 1 fully saturated rings. The first kappa shape index (κ1) is 15.4. The second kappa shape index (κ2) is 7.68. The molecule has 1 amide bonds. The predicted molar refractivity (Wildman–Crippen MR) is 92.9 cm³/mol. The van der Waals surface area contributed by atoms with E-state index in [0.29, 0.717) is 6.10 Å². The van der Waals surface area contributed by atoms with Gasteiger partial charge in [0.25, 0.3) is 0 Å². The molecule has 0 bridgehead atoms. The van der Waals surface area contributed by atoms with Gasteiger partial charge in [0.05, 0.1) is 12.6 Å². The molecule has 1 aliphatic rings. The normalized spacial score (nSPS) is 14.4. The molecule has 3 rings (SSSR count). The van der Waals surface area contributed by atoms with Crippen LogP contribution in [0.25, 0.3) is 0 Å². The van der Waals surface area contributed by atoms with Gasteiger partial charge in [-0.3, -0.25) is 4.79 Å². The van der Waals surface area contributed by atoms with E-state index in [-0.39, 0.29) is 12.5 Å². The lowest BCUT2D eigenvalue weighted by Crippen LogP contribution is -2.21. The first-order valence-corrected chi connectivity index (χ1v) is 8.15. The van der Waals surface area contributed by atoms with Crippen molar-refractivity contribution in [2.75, 3.05) is 17.2 Å². The Morgan fingerprint density at radius 3 is 2.35 bits per heavy atom. The lowest BCUT2D eigenvalue weighted by molar-refractivity contribution is -0.114. The smallest absolute Gasteiger partial charge is 0.243 e. The van der Waals surface area contributed by atoms with Crippen molar-refractivity contribution >= 4 is 17.3 Å². The molecule has 0 saturated heterocycles. The summed E-state index contributed by atoms with van der Waals surface area (Å²) < 4.78 is 5.93. The molecule has 1 saturated carbocycles. The molecule has 0 atom stereocenters. The van der Waals surface area contributed by atoms with Crippen LogP contribution >= 0.6 is 0 Å². The first-order valence-electron chi connectivity index (χ1n) is 8.15. The molecule has 2 N–H and O–H groups in total. The van der Waals surface area contributed by atoms with Crippen LogP contribution in [0.5, 0.6) is 5.75 Å². The Morgan fingerprint density at radius 2 is 1.65 bits per heavy atom. The lowest BCUT2D eigenvalue weighted by atomic mass is 10.2. The monoisotopic (exact) mass is 310 g/mol. The quantitative estimate of drug-likeness (QED) is 0.846. The van der Waals surface area contributed by atoms with Crippen LogP contribution in [0.3, 0.4) is 0 Å². The number of para-hydroxylation sites is 1. The minimum absolute atomic E-state index is 0.0671. The molecule has 23 heavy (non-hydrogen) atoms. The minimum Gasteiger partial charge on any atom is -0.490 e. The topological polar surface area (TPSA) is 50.4 Å². The Hall–Kier alpha value is -2.49. The van der Waals surface area contributed by atoms with Crippen molar-refractivity contribution in [2.45, 2.75) is 31.8 Å². The van der Waals surface area contributed by atoms with Gasteiger partial charge in [-0.25, -0.2) is 0 Å². The van der Waals surface area contributed by atoms with Gasteiger partial charge in [-0.15, -0.1) is 0 Å². The highest BCUT2D eigenvalue weighted by atomic mass is 16.5. The molecule has 2 aromatic carbocycles. The highest BCUT2D eigenvalue weighted by Crippen LogP contribution is 2.24. The molecule has 0 radical (unpaired) electrons. The summed E-state index contributed by atoms with van der Waals surface area (Å²) in [6.07, 6.45) is 5.20. The van der Waals surface area contributed by atoms with Crippen molar-refractivity contribution in [1.29, 1.82) is 0 Å². The Morgan fingerprint density at radius 1 is 0.957 bits per heavy atom. The lowest BCUT2D eigenvalue weighted by Gasteiger charge is -2.13. The number of amides is 1. The molecular formula is C19H22N2O2. The maximum Gasteiger partial charge on any atom is 0.243 e. The predicted octanol–water partition coefficient (Wildman–Crippen LogP) is 4.06. The van der Waals surface area contributed by atoms with Crippen LogP contribution in [-0.2, 0) is 4.79 Å². The summed E-state index contributed by atoms with van der Waals surface area (Å²) in [6, 6.07) is 17.2. The van der Waals surface area contributed by atoms with E-state index in [1.54, 1.807) is 0 Å². The zero-order chi connectivity index (χ0) is 15.9. The van der Waals surface area contributed by atoms with Gasteiger partial charge in [0, 0.05) is 11.4 Å². The maximum atomic E-state index is 11.9. The Labute approximate surface area is 136 Å². The Bertz CT molecular complexity index is 620. The second-order valence-electron chi connectivity index (χ2n) is 5.82. The van der Waals surface area contributed by atoms with Gasteiger partial charge in [0.2, 0.25) is 5.91 Å². The highest BCUT2D eigenvalue weighted by molar-refractivity contribution is 5.93. The average Bonchev–Trinajstić information content (AvgIpc) is 3.08.